The average Bonchev–Trinajstić information content (AvgIpc) is 2.47. The molecule has 0 aromatic heterocycles. The van der Waals surface area contributed by atoms with Crippen LogP contribution in [0.3, 0.4) is 0 Å². The Morgan fingerprint density at radius 1 is 1.10 bits per heavy atom. The molecule has 0 atom stereocenters. The number of hydrogen-bond donors (Lipinski definition) is 2. The summed E-state index contributed by atoms with van der Waals surface area (Å²) in [6.07, 6.45) is 1.55. The molecule has 4 heteroatoms. The maximum atomic E-state index is 11.3. The maximum absolute atomic E-state index is 11.3. The van der Waals surface area contributed by atoms with E-state index in [0.717, 1.165) is 27.2 Å². The van der Waals surface area contributed by atoms with E-state index in [-0.39, 0.29) is 5.56 Å². The first-order valence-electron chi connectivity index (χ1n) is 6.26. The first-order chi connectivity index (χ1) is 9.75. The summed E-state index contributed by atoms with van der Waals surface area (Å²) in [6.45, 7) is 0. The molecule has 20 heavy (non-hydrogen) atoms. The van der Waals surface area contributed by atoms with Crippen LogP contribution in [0.15, 0.2) is 47.5 Å². The largest absolute Gasteiger partial charge is 0.478 e. The molecule has 1 heterocycles. The molecule has 1 aliphatic rings. The Kier molecular flexibility index (Phi) is 2.09. The second kappa shape index (κ2) is 3.81. The van der Waals surface area contributed by atoms with Crippen LogP contribution in [-0.4, -0.2) is 17.4 Å². The molecule has 0 radical (unpaired) electrons. The van der Waals surface area contributed by atoms with Crippen molar-refractivity contribution < 1.29 is 9.90 Å². The van der Waals surface area contributed by atoms with E-state index in [1.54, 1.807) is 12.4 Å². The number of fused-ring (bicyclic) bond motifs is 2. The zero-order chi connectivity index (χ0) is 13.7. The summed E-state index contributed by atoms with van der Waals surface area (Å²) < 4.78 is 0. The molecule has 3 aromatic carbocycles. The summed E-state index contributed by atoms with van der Waals surface area (Å²) in [5.74, 6) is -0.941. The van der Waals surface area contributed by atoms with E-state index in [0.29, 0.717) is 5.69 Å². The standard InChI is InChI=1S/C16H10N2O2/c19-16(20)12-6-5-10-7-9-3-1-2-4-11(9)14-13(10)15(12)18-8-17-14/h1-8H,(H,17,18)(H,19,20). The van der Waals surface area contributed by atoms with Crippen molar-refractivity contribution in [2.45, 2.75) is 0 Å². The molecule has 4 nitrogen and oxygen atoms in total. The molecule has 0 aliphatic carbocycles. The maximum Gasteiger partial charge on any atom is 0.337 e. The van der Waals surface area contributed by atoms with Crippen molar-refractivity contribution in [3.63, 3.8) is 0 Å². The zero-order valence-electron chi connectivity index (χ0n) is 10.4. The van der Waals surface area contributed by atoms with Crippen molar-refractivity contribution in [1.29, 1.82) is 0 Å². The topological polar surface area (TPSA) is 61.7 Å². The second-order valence-corrected chi connectivity index (χ2v) is 4.74. The molecule has 0 unspecified atom stereocenters. The van der Waals surface area contributed by atoms with Gasteiger partial charge in [0.25, 0.3) is 0 Å². The lowest BCUT2D eigenvalue weighted by atomic mass is 9.96. The molecule has 2 N–H and O–H groups in total. The van der Waals surface area contributed by atoms with Gasteiger partial charge in [0.1, 0.15) is 0 Å². The van der Waals surface area contributed by atoms with Crippen LogP contribution in [0.4, 0.5) is 11.4 Å². The van der Waals surface area contributed by atoms with E-state index in [1.807, 2.05) is 30.3 Å². The van der Waals surface area contributed by atoms with Crippen LogP contribution >= 0.6 is 0 Å². The number of nitrogens with one attached hydrogen (secondary N) is 1. The summed E-state index contributed by atoms with van der Waals surface area (Å²) in [6, 6.07) is 13.5. The van der Waals surface area contributed by atoms with Gasteiger partial charge in [-0.15, -0.1) is 0 Å². The summed E-state index contributed by atoms with van der Waals surface area (Å²) in [7, 11) is 0. The number of carboxylic acids is 1. The van der Waals surface area contributed by atoms with E-state index in [9.17, 15) is 9.90 Å². The van der Waals surface area contributed by atoms with Gasteiger partial charge in [-0.25, -0.2) is 9.79 Å². The quantitative estimate of drug-likeness (QED) is 0.656. The fourth-order valence-corrected chi connectivity index (χ4v) is 2.76. The summed E-state index contributed by atoms with van der Waals surface area (Å²) in [5, 5.41) is 16.3. The number of rotatable bonds is 1. The number of aliphatic imine (C=N–C) groups is 1. The van der Waals surface area contributed by atoms with Gasteiger partial charge in [-0.3, -0.25) is 0 Å². The van der Waals surface area contributed by atoms with Crippen molar-refractivity contribution in [3.05, 3.63) is 48.0 Å². The lowest BCUT2D eigenvalue weighted by Crippen LogP contribution is -2.08. The predicted octanol–water partition coefficient (Wildman–Crippen LogP) is 3.78. The number of carboxylic acid groups (broad SMARTS) is 1. The fraction of sp³-hybridized carbons (Fsp3) is 0. The van der Waals surface area contributed by atoms with Gasteiger partial charge >= 0.3 is 5.97 Å². The van der Waals surface area contributed by atoms with Crippen LogP contribution < -0.4 is 5.32 Å². The Bertz CT molecular complexity index is 913. The van der Waals surface area contributed by atoms with Crippen molar-refractivity contribution in [3.8, 4) is 0 Å². The normalized spacial score (nSPS) is 12.6. The van der Waals surface area contributed by atoms with Crippen molar-refractivity contribution in [2.24, 2.45) is 4.99 Å². The summed E-state index contributed by atoms with van der Waals surface area (Å²) >= 11 is 0. The molecule has 4 rings (SSSR count). The van der Waals surface area contributed by atoms with Gasteiger partial charge in [0.05, 0.1) is 23.3 Å². The molecule has 0 saturated heterocycles. The molecule has 96 valence electrons. The number of nitrogens with zero attached hydrogens (tertiary/aromatic N) is 1. The summed E-state index contributed by atoms with van der Waals surface area (Å²) in [5.41, 5.74) is 1.71. The highest BCUT2D eigenvalue weighted by molar-refractivity contribution is 6.21. The number of hydrogen-bond acceptors (Lipinski definition) is 3. The number of benzene rings is 3. The monoisotopic (exact) mass is 262 g/mol. The van der Waals surface area contributed by atoms with Crippen LogP contribution in [-0.2, 0) is 0 Å². The number of carbonyl (C=O) groups is 1. The predicted molar refractivity (Wildman–Crippen MR) is 80.2 cm³/mol. The van der Waals surface area contributed by atoms with Crippen LogP contribution in [0.2, 0.25) is 0 Å². The SMILES string of the molecule is O=C(O)c1ccc2cc3ccccc3c3c2c1NC=N3. The summed E-state index contributed by atoms with van der Waals surface area (Å²) in [4.78, 5) is 15.7. The van der Waals surface area contributed by atoms with Gasteiger partial charge < -0.3 is 10.4 Å². The van der Waals surface area contributed by atoms with Crippen LogP contribution in [0, 0.1) is 0 Å². The lowest BCUT2D eigenvalue weighted by molar-refractivity contribution is 0.0698. The van der Waals surface area contributed by atoms with Gasteiger partial charge in [-0.1, -0.05) is 30.3 Å². The molecule has 0 fully saturated rings. The molecular formula is C16H10N2O2. The Morgan fingerprint density at radius 2 is 1.95 bits per heavy atom. The molecule has 0 bridgehead atoms. The molecular weight excluding hydrogens is 252 g/mol. The van der Waals surface area contributed by atoms with E-state index in [2.05, 4.69) is 16.4 Å². The van der Waals surface area contributed by atoms with Gasteiger partial charge in [0, 0.05) is 10.8 Å². The third-order valence-electron chi connectivity index (χ3n) is 3.63. The van der Waals surface area contributed by atoms with Crippen molar-refractivity contribution in [2.75, 3.05) is 5.32 Å². The number of aromatic carboxylic acids is 1. The lowest BCUT2D eigenvalue weighted by Gasteiger charge is -2.17. The third-order valence-corrected chi connectivity index (χ3v) is 3.63. The Morgan fingerprint density at radius 3 is 2.80 bits per heavy atom. The van der Waals surface area contributed by atoms with E-state index in [4.69, 9.17) is 0 Å². The third kappa shape index (κ3) is 1.36. The van der Waals surface area contributed by atoms with E-state index in [1.165, 1.54) is 0 Å². The molecule has 0 spiro atoms. The average molecular weight is 262 g/mol. The highest BCUT2D eigenvalue weighted by Gasteiger charge is 2.19. The van der Waals surface area contributed by atoms with Gasteiger partial charge in [0.2, 0.25) is 0 Å². The van der Waals surface area contributed by atoms with Crippen LogP contribution in [0.5, 0.6) is 0 Å². The van der Waals surface area contributed by atoms with E-state index < -0.39 is 5.97 Å². The second-order valence-electron chi connectivity index (χ2n) is 4.74. The molecule has 0 amide bonds. The van der Waals surface area contributed by atoms with Crippen molar-refractivity contribution in [1.82, 2.24) is 0 Å². The minimum atomic E-state index is -0.941. The fourth-order valence-electron chi connectivity index (χ4n) is 2.76. The molecule has 0 saturated carbocycles. The molecule has 1 aliphatic heterocycles. The van der Waals surface area contributed by atoms with Gasteiger partial charge in [-0.2, -0.15) is 0 Å². The molecule has 3 aromatic rings. The minimum Gasteiger partial charge on any atom is -0.478 e. The minimum absolute atomic E-state index is 0.264. The van der Waals surface area contributed by atoms with Gasteiger partial charge in [0.15, 0.2) is 0 Å². The van der Waals surface area contributed by atoms with Gasteiger partial charge in [-0.05, 0) is 22.9 Å². The Hall–Kier alpha value is -2.88. The highest BCUT2D eigenvalue weighted by atomic mass is 16.4. The first kappa shape index (κ1) is 11.0. The van der Waals surface area contributed by atoms with Crippen molar-refractivity contribution >= 4 is 45.2 Å². The number of anilines is 1. The van der Waals surface area contributed by atoms with E-state index >= 15 is 0 Å². The highest BCUT2D eigenvalue weighted by Crippen LogP contribution is 2.42. The zero-order valence-corrected chi connectivity index (χ0v) is 10.4. The van der Waals surface area contributed by atoms with Crippen LogP contribution in [0.1, 0.15) is 10.4 Å². The Labute approximate surface area is 114 Å². The Balaban J connectivity index is 2.26. The first-order valence-corrected chi connectivity index (χ1v) is 6.26. The smallest absolute Gasteiger partial charge is 0.337 e. The van der Waals surface area contributed by atoms with Crippen LogP contribution in [0.25, 0.3) is 21.5 Å².